The summed E-state index contributed by atoms with van der Waals surface area (Å²) in [6.45, 7) is 6.38. The molecule has 39 heavy (non-hydrogen) atoms. The van der Waals surface area contributed by atoms with E-state index in [0.29, 0.717) is 11.1 Å². The number of unbranched alkanes of at least 4 members (excludes halogenated alkanes) is 13. The summed E-state index contributed by atoms with van der Waals surface area (Å²) in [4.78, 5) is -0.178. The van der Waals surface area contributed by atoms with Crippen molar-refractivity contribution in [3.63, 3.8) is 0 Å². The molecule has 1 aromatic carbocycles. The first-order valence-electron chi connectivity index (χ1n) is 14.6. The molecule has 0 radical (unpaired) electrons. The van der Waals surface area contributed by atoms with Gasteiger partial charge in [-0.15, -0.1) is 0 Å². The summed E-state index contributed by atoms with van der Waals surface area (Å²) in [6, 6.07) is 5.78. The summed E-state index contributed by atoms with van der Waals surface area (Å²) in [7, 11) is -4.27. The molecular formula is C31H51NO6S. The molecule has 7 nitrogen and oxygen atoms in total. The predicted octanol–water partition coefficient (Wildman–Crippen LogP) is 6.35. The number of aliphatic hydroxyl groups excluding tert-OH is 2. The van der Waals surface area contributed by atoms with Crippen molar-refractivity contribution in [2.45, 2.75) is 135 Å². The van der Waals surface area contributed by atoms with Gasteiger partial charge in [-0.1, -0.05) is 102 Å². The predicted molar refractivity (Wildman–Crippen MR) is 154 cm³/mol. The van der Waals surface area contributed by atoms with Crippen molar-refractivity contribution in [2.24, 2.45) is 0 Å². The normalized spacial score (nSPS) is 11.3. The third-order valence-electron chi connectivity index (χ3n) is 7.15. The summed E-state index contributed by atoms with van der Waals surface area (Å²) in [5.41, 5.74) is 2.74. The second-order valence-corrected chi connectivity index (χ2v) is 11.8. The zero-order valence-electron chi connectivity index (χ0n) is 24.3. The van der Waals surface area contributed by atoms with Gasteiger partial charge in [0.05, 0.1) is 23.7 Å². The molecule has 0 atom stereocenters. The monoisotopic (exact) mass is 565 g/mol. The molecule has 0 fully saturated rings. The van der Waals surface area contributed by atoms with Crippen LogP contribution in [0.5, 0.6) is 5.75 Å². The number of aliphatic hydroxyl groups is 2. The fraction of sp³-hybridized carbons (Fsp3) is 0.645. The Morgan fingerprint density at radius 2 is 1.21 bits per heavy atom. The van der Waals surface area contributed by atoms with E-state index in [9.17, 15) is 28.3 Å². The van der Waals surface area contributed by atoms with Gasteiger partial charge in [0.2, 0.25) is 5.69 Å². The smallest absolute Gasteiger partial charge is 0.220 e. The Morgan fingerprint density at radius 1 is 0.744 bits per heavy atom. The molecule has 0 aliphatic rings. The Balaban J connectivity index is 0.000000573. The van der Waals surface area contributed by atoms with Gasteiger partial charge in [0.15, 0.2) is 11.9 Å². The number of benzene rings is 1. The number of pyridine rings is 1. The van der Waals surface area contributed by atoms with Crippen molar-refractivity contribution in [2.75, 3.05) is 0 Å². The molecule has 0 aliphatic carbocycles. The van der Waals surface area contributed by atoms with Crippen LogP contribution in [0.2, 0.25) is 0 Å². The van der Waals surface area contributed by atoms with Crippen LogP contribution in [-0.2, 0) is 29.9 Å². The van der Waals surface area contributed by atoms with Crippen molar-refractivity contribution in [1.82, 2.24) is 0 Å². The van der Waals surface area contributed by atoms with Crippen molar-refractivity contribution < 1.29 is 32.9 Å². The van der Waals surface area contributed by atoms with Gasteiger partial charge in [-0.05, 0) is 25.5 Å². The molecule has 3 N–H and O–H groups in total. The molecular weight excluding hydrogens is 514 g/mol. The first-order chi connectivity index (χ1) is 18.6. The second-order valence-electron chi connectivity index (χ2n) is 10.4. The number of rotatable bonds is 18. The fourth-order valence-corrected chi connectivity index (χ4v) is 5.07. The van der Waals surface area contributed by atoms with E-state index in [-0.39, 0.29) is 23.9 Å². The van der Waals surface area contributed by atoms with E-state index in [1.165, 1.54) is 95.6 Å². The van der Waals surface area contributed by atoms with Crippen LogP contribution in [0, 0.1) is 13.8 Å². The molecule has 1 aromatic heterocycles. The molecule has 0 spiro atoms. The van der Waals surface area contributed by atoms with Crippen molar-refractivity contribution in [3.8, 4) is 5.75 Å². The Hall–Kier alpha value is -2.00. The Kier molecular flexibility index (Phi) is 17.9. The highest BCUT2D eigenvalue weighted by Gasteiger charge is 2.19. The summed E-state index contributed by atoms with van der Waals surface area (Å²) >= 11 is 0. The molecule has 8 heteroatoms. The third-order valence-corrected chi connectivity index (χ3v) is 8.00. The van der Waals surface area contributed by atoms with Gasteiger partial charge in [-0.25, -0.2) is 8.42 Å². The zero-order valence-corrected chi connectivity index (χ0v) is 25.1. The van der Waals surface area contributed by atoms with E-state index >= 15 is 0 Å². The van der Waals surface area contributed by atoms with Crippen LogP contribution in [0.1, 0.15) is 119 Å². The lowest BCUT2D eigenvalue weighted by atomic mass is 10.0. The lowest BCUT2D eigenvalue weighted by molar-refractivity contribution is -0.704. The molecule has 0 saturated carbocycles. The van der Waals surface area contributed by atoms with Gasteiger partial charge in [0.25, 0.3) is 0 Å². The van der Waals surface area contributed by atoms with E-state index in [2.05, 4.69) is 6.92 Å². The summed E-state index contributed by atoms with van der Waals surface area (Å²) in [5.74, 6) is 0.111. The van der Waals surface area contributed by atoms with Crippen LogP contribution in [0.3, 0.4) is 0 Å². The average molecular weight is 566 g/mol. The van der Waals surface area contributed by atoms with Gasteiger partial charge >= 0.3 is 0 Å². The van der Waals surface area contributed by atoms with Gasteiger partial charge in [0.1, 0.15) is 16.7 Å². The summed E-state index contributed by atoms with van der Waals surface area (Å²) in [6.07, 6.45) is 20.6. The van der Waals surface area contributed by atoms with Gasteiger partial charge < -0.3 is 19.9 Å². The molecule has 0 aliphatic heterocycles. The van der Waals surface area contributed by atoms with Crippen molar-refractivity contribution >= 4 is 10.1 Å². The molecule has 222 valence electrons. The molecule has 0 saturated heterocycles. The van der Waals surface area contributed by atoms with E-state index in [1.54, 1.807) is 12.1 Å². The highest BCUT2D eigenvalue weighted by molar-refractivity contribution is 7.85. The third kappa shape index (κ3) is 14.3. The van der Waals surface area contributed by atoms with E-state index < -0.39 is 10.1 Å². The van der Waals surface area contributed by atoms with Gasteiger partial charge in [-0.3, -0.25) is 0 Å². The van der Waals surface area contributed by atoms with Crippen LogP contribution in [-0.4, -0.2) is 28.3 Å². The van der Waals surface area contributed by atoms with Gasteiger partial charge in [-0.2, -0.15) is 4.57 Å². The number of aromatic hydroxyl groups is 1. The van der Waals surface area contributed by atoms with E-state index in [0.717, 1.165) is 24.2 Å². The Morgan fingerprint density at radius 3 is 1.62 bits per heavy atom. The standard InChI is InChI=1S/C24H43NO3.C7H8O3S/c1-3-4-5-6-7-8-9-10-11-12-13-14-15-16-17-25-18-22(19-26)23(20-27)24(28)21(25)2;1-6-2-4-7(5-3-6)11(8,9)10/h18,26-27H,3-17,19-20H2,1-2H3;2-5H,1H3,(H,8,9,10). The van der Waals surface area contributed by atoms with Crippen LogP contribution >= 0.6 is 0 Å². The number of nitrogens with zero attached hydrogens (tertiary/aromatic N) is 1. The Bertz CT molecular complexity index is 1040. The van der Waals surface area contributed by atoms with Crippen LogP contribution in [0.4, 0.5) is 0 Å². The number of hydrogen-bond acceptors (Lipinski definition) is 6. The topological polar surface area (TPSA) is 122 Å². The quantitative estimate of drug-likeness (QED) is 0.110. The van der Waals surface area contributed by atoms with Crippen LogP contribution < -0.4 is 4.57 Å². The van der Waals surface area contributed by atoms with Crippen molar-refractivity contribution in [3.05, 3.63) is 52.8 Å². The van der Waals surface area contributed by atoms with Crippen LogP contribution in [0.25, 0.3) is 0 Å². The van der Waals surface area contributed by atoms with Crippen molar-refractivity contribution in [1.29, 1.82) is 0 Å². The zero-order chi connectivity index (χ0) is 29.1. The SMILES string of the molecule is CCCCCCCCCCCCCCCC[n+]1cc(CO)c(CO)c(O)c1C.Cc1ccc(S(=O)(=O)[O-])cc1. The molecule has 1 heterocycles. The summed E-state index contributed by atoms with van der Waals surface area (Å²) in [5, 5.41) is 29.0. The largest absolute Gasteiger partial charge is 0.744 e. The maximum Gasteiger partial charge on any atom is 0.220 e. The number of aromatic nitrogens is 1. The highest BCUT2D eigenvalue weighted by atomic mass is 32.2. The maximum absolute atomic E-state index is 10.4. The van der Waals surface area contributed by atoms with E-state index in [4.69, 9.17) is 0 Å². The first-order valence-corrected chi connectivity index (χ1v) is 16.0. The number of hydrogen-bond donors (Lipinski definition) is 3. The molecule has 0 bridgehead atoms. The average Bonchev–Trinajstić information content (AvgIpc) is 2.91. The number of aryl methyl sites for hydroxylation is 2. The lowest BCUT2D eigenvalue weighted by Crippen LogP contribution is -2.38. The first kappa shape index (κ1) is 35.0. The van der Waals surface area contributed by atoms with Gasteiger partial charge in [0, 0.05) is 18.9 Å². The molecule has 2 rings (SSSR count). The second kappa shape index (κ2) is 20.0. The summed E-state index contributed by atoms with van der Waals surface area (Å²) < 4.78 is 33.2. The minimum absolute atomic E-state index is 0.111. The molecule has 0 amide bonds. The maximum atomic E-state index is 10.4. The fourth-order valence-electron chi connectivity index (χ4n) is 4.60. The highest BCUT2D eigenvalue weighted by Crippen LogP contribution is 2.23. The lowest BCUT2D eigenvalue weighted by Gasteiger charge is -2.10. The van der Waals surface area contributed by atoms with Crippen LogP contribution in [0.15, 0.2) is 35.4 Å². The minimum Gasteiger partial charge on any atom is -0.744 e. The Labute approximate surface area is 236 Å². The van der Waals surface area contributed by atoms with E-state index in [1.807, 2.05) is 24.6 Å². The molecule has 2 aromatic rings. The minimum atomic E-state index is -4.27. The molecule has 0 unspecified atom stereocenters.